The molecule has 0 aromatic heterocycles. The van der Waals surface area contributed by atoms with E-state index in [0.717, 1.165) is 6.42 Å². The fourth-order valence-corrected chi connectivity index (χ4v) is 2.80. The van der Waals surface area contributed by atoms with Crippen molar-refractivity contribution in [2.45, 2.75) is 45.6 Å². The Morgan fingerprint density at radius 1 is 1.47 bits per heavy atom. The Balaban J connectivity index is 2.26. The molecule has 82 valence electrons. The normalized spacial score (nSPS) is 34.9. The molecule has 0 radical (unpaired) electrons. The first kappa shape index (κ1) is 10.7. The Kier molecular flexibility index (Phi) is 2.59. The summed E-state index contributed by atoms with van der Waals surface area (Å²) < 4.78 is 0. The van der Waals surface area contributed by atoms with E-state index in [1.54, 1.807) is 0 Å². The molecule has 3 atom stereocenters. The van der Waals surface area contributed by atoms with Crippen LogP contribution < -0.4 is 5.73 Å². The van der Waals surface area contributed by atoms with E-state index in [1.807, 2.05) is 0 Å². The predicted molar refractivity (Wildman–Crippen MR) is 64.9 cm³/mol. The van der Waals surface area contributed by atoms with E-state index in [4.69, 9.17) is 5.73 Å². The van der Waals surface area contributed by atoms with Gasteiger partial charge in [-0.15, -0.1) is 0 Å². The van der Waals surface area contributed by atoms with Crippen LogP contribution in [-0.2, 0) is 0 Å². The summed E-state index contributed by atoms with van der Waals surface area (Å²) >= 11 is 0. The van der Waals surface area contributed by atoms with Crippen molar-refractivity contribution in [2.24, 2.45) is 11.1 Å². The Morgan fingerprint density at radius 2 is 2.20 bits per heavy atom. The Bertz CT molecular complexity index is 358. The molecule has 0 saturated heterocycles. The third-order valence-corrected chi connectivity index (χ3v) is 4.34. The average molecular weight is 203 g/mol. The van der Waals surface area contributed by atoms with E-state index in [0.29, 0.717) is 17.4 Å². The molecule has 0 spiro atoms. The van der Waals surface area contributed by atoms with Crippen LogP contribution in [0.2, 0.25) is 0 Å². The molecular weight excluding hydrogens is 182 g/mol. The molecule has 1 aliphatic carbocycles. The lowest BCUT2D eigenvalue weighted by Gasteiger charge is -2.53. The zero-order valence-corrected chi connectivity index (χ0v) is 9.96. The number of aryl methyl sites for hydroxylation is 1. The van der Waals surface area contributed by atoms with E-state index >= 15 is 0 Å². The quantitative estimate of drug-likeness (QED) is 0.784. The molecule has 0 aliphatic heterocycles. The van der Waals surface area contributed by atoms with Gasteiger partial charge in [-0.25, -0.2) is 0 Å². The third kappa shape index (κ3) is 1.59. The van der Waals surface area contributed by atoms with E-state index in [1.165, 1.54) is 17.5 Å². The Hall–Kier alpha value is -0.820. The predicted octanol–water partition coefficient (Wildman–Crippen LogP) is 3.23. The molecule has 3 unspecified atom stereocenters. The van der Waals surface area contributed by atoms with Gasteiger partial charge in [0, 0.05) is 6.04 Å². The lowest BCUT2D eigenvalue weighted by atomic mass is 9.54. The highest BCUT2D eigenvalue weighted by Gasteiger charge is 2.48. The van der Waals surface area contributed by atoms with Gasteiger partial charge in [0.05, 0.1) is 0 Å². The largest absolute Gasteiger partial charge is 0.327 e. The number of hydrogen-bond donors (Lipinski definition) is 1. The molecule has 15 heavy (non-hydrogen) atoms. The van der Waals surface area contributed by atoms with Gasteiger partial charge < -0.3 is 5.73 Å². The summed E-state index contributed by atoms with van der Waals surface area (Å²) in [4.78, 5) is 0. The molecule has 1 saturated carbocycles. The first-order chi connectivity index (χ1) is 7.08. The molecule has 0 amide bonds. The molecule has 1 aliphatic rings. The molecule has 2 rings (SSSR count). The van der Waals surface area contributed by atoms with Crippen LogP contribution in [0.3, 0.4) is 0 Å². The number of benzene rings is 1. The van der Waals surface area contributed by atoms with Gasteiger partial charge in [-0.1, -0.05) is 43.7 Å². The Labute approximate surface area is 92.7 Å². The summed E-state index contributed by atoms with van der Waals surface area (Å²) in [5.74, 6) is 0.664. The second kappa shape index (κ2) is 3.64. The van der Waals surface area contributed by atoms with Gasteiger partial charge in [0.1, 0.15) is 0 Å². The van der Waals surface area contributed by atoms with Gasteiger partial charge in [0.15, 0.2) is 0 Å². The van der Waals surface area contributed by atoms with Crippen LogP contribution in [0.15, 0.2) is 24.3 Å². The number of nitrogens with two attached hydrogens (primary N) is 1. The van der Waals surface area contributed by atoms with E-state index < -0.39 is 0 Å². The Morgan fingerprint density at radius 3 is 2.73 bits per heavy atom. The molecule has 1 aromatic carbocycles. The molecule has 0 bridgehead atoms. The fourth-order valence-electron chi connectivity index (χ4n) is 2.80. The number of hydrogen-bond acceptors (Lipinski definition) is 1. The van der Waals surface area contributed by atoms with Gasteiger partial charge in [-0.05, 0) is 36.7 Å². The van der Waals surface area contributed by atoms with Crippen LogP contribution in [0.5, 0.6) is 0 Å². The zero-order chi connectivity index (χ0) is 11.1. The van der Waals surface area contributed by atoms with Gasteiger partial charge in [-0.2, -0.15) is 0 Å². The molecule has 2 N–H and O–H groups in total. The maximum absolute atomic E-state index is 6.13. The smallest absolute Gasteiger partial charge is 0.0105 e. The van der Waals surface area contributed by atoms with Crippen LogP contribution >= 0.6 is 0 Å². The maximum Gasteiger partial charge on any atom is 0.0105 e. The van der Waals surface area contributed by atoms with E-state index in [9.17, 15) is 0 Å². The second-order valence-corrected chi connectivity index (χ2v) is 5.17. The van der Waals surface area contributed by atoms with Crippen molar-refractivity contribution in [1.82, 2.24) is 0 Å². The van der Waals surface area contributed by atoms with E-state index in [2.05, 4.69) is 45.0 Å². The molecule has 1 aromatic rings. The van der Waals surface area contributed by atoms with Gasteiger partial charge >= 0.3 is 0 Å². The summed E-state index contributed by atoms with van der Waals surface area (Å²) in [6, 6.07) is 9.26. The van der Waals surface area contributed by atoms with Crippen molar-refractivity contribution >= 4 is 0 Å². The summed E-state index contributed by atoms with van der Waals surface area (Å²) in [6.45, 7) is 6.74. The van der Waals surface area contributed by atoms with Crippen molar-refractivity contribution in [3.8, 4) is 0 Å². The van der Waals surface area contributed by atoms with Crippen molar-refractivity contribution < 1.29 is 0 Å². The van der Waals surface area contributed by atoms with Crippen molar-refractivity contribution in [2.75, 3.05) is 0 Å². The highest BCUT2D eigenvalue weighted by atomic mass is 14.8. The zero-order valence-electron chi connectivity index (χ0n) is 9.96. The van der Waals surface area contributed by atoms with Gasteiger partial charge in [-0.3, -0.25) is 0 Å². The molecule has 1 fully saturated rings. The molecule has 0 heterocycles. The molecular formula is C14H21N. The van der Waals surface area contributed by atoms with Crippen LogP contribution in [0.25, 0.3) is 0 Å². The van der Waals surface area contributed by atoms with Crippen molar-refractivity contribution in [1.29, 1.82) is 0 Å². The van der Waals surface area contributed by atoms with Crippen LogP contribution in [0, 0.1) is 12.3 Å². The first-order valence-electron chi connectivity index (χ1n) is 5.90. The van der Waals surface area contributed by atoms with Crippen LogP contribution in [-0.4, -0.2) is 6.04 Å². The molecule has 1 heteroatoms. The minimum atomic E-state index is 0.313. The van der Waals surface area contributed by atoms with Crippen LogP contribution in [0.4, 0.5) is 0 Å². The number of rotatable bonds is 2. The van der Waals surface area contributed by atoms with Crippen molar-refractivity contribution in [3.05, 3.63) is 35.4 Å². The second-order valence-electron chi connectivity index (χ2n) is 5.17. The summed E-state index contributed by atoms with van der Waals surface area (Å²) in [5.41, 5.74) is 9.27. The summed E-state index contributed by atoms with van der Waals surface area (Å²) in [5, 5.41) is 0. The van der Waals surface area contributed by atoms with E-state index in [-0.39, 0.29) is 0 Å². The lowest BCUT2D eigenvalue weighted by Crippen LogP contribution is -2.54. The fraction of sp³-hybridized carbons (Fsp3) is 0.571. The minimum Gasteiger partial charge on any atom is -0.327 e. The summed E-state index contributed by atoms with van der Waals surface area (Å²) in [6.07, 6.45) is 2.32. The highest BCUT2D eigenvalue weighted by Crippen LogP contribution is 2.53. The summed E-state index contributed by atoms with van der Waals surface area (Å²) in [7, 11) is 0. The SMILES string of the molecule is CCC1(C)C(N)CC1c1cccc(C)c1. The minimum absolute atomic E-state index is 0.313. The van der Waals surface area contributed by atoms with Gasteiger partial charge in [0.25, 0.3) is 0 Å². The van der Waals surface area contributed by atoms with Gasteiger partial charge in [0.2, 0.25) is 0 Å². The standard InChI is InChI=1S/C14H21N/c1-4-14(3)12(9-13(14)15)11-7-5-6-10(2)8-11/h5-8,12-13H,4,9,15H2,1-3H3. The lowest BCUT2D eigenvalue weighted by molar-refractivity contribution is 0.0706. The van der Waals surface area contributed by atoms with Crippen molar-refractivity contribution in [3.63, 3.8) is 0 Å². The maximum atomic E-state index is 6.13. The highest BCUT2D eigenvalue weighted by molar-refractivity contribution is 5.31. The average Bonchev–Trinajstić information content (AvgIpc) is 2.24. The third-order valence-electron chi connectivity index (χ3n) is 4.34. The topological polar surface area (TPSA) is 26.0 Å². The molecule has 1 nitrogen and oxygen atoms in total. The van der Waals surface area contributed by atoms with Crippen LogP contribution in [0.1, 0.15) is 43.7 Å². The monoisotopic (exact) mass is 203 g/mol. The first-order valence-corrected chi connectivity index (χ1v) is 5.90.